The zero-order chi connectivity index (χ0) is 13.3. The van der Waals surface area contributed by atoms with Gasteiger partial charge in [-0.25, -0.2) is 4.79 Å². The molecule has 1 aliphatic heterocycles. The van der Waals surface area contributed by atoms with Crippen LogP contribution in [0.5, 0.6) is 0 Å². The van der Waals surface area contributed by atoms with E-state index in [1.165, 1.54) is 0 Å². The van der Waals surface area contributed by atoms with Gasteiger partial charge in [-0.15, -0.1) is 5.06 Å². The Morgan fingerprint density at radius 1 is 1.33 bits per heavy atom. The molecule has 0 spiro atoms. The third kappa shape index (κ3) is 3.14. The molecule has 0 saturated carbocycles. The van der Waals surface area contributed by atoms with E-state index in [-0.39, 0.29) is 13.1 Å². The maximum Gasteiger partial charge on any atom is 0.492 e. The van der Waals surface area contributed by atoms with Gasteiger partial charge in [0.05, 0.1) is 6.54 Å². The number of carbonyl (C=O) groups excluding carboxylic acids is 1. The highest BCUT2D eigenvalue weighted by Crippen LogP contribution is 2.23. The number of alkyl halides is 3. The minimum atomic E-state index is -4.95. The molecule has 1 heterocycles. The Morgan fingerprint density at radius 2 is 2.06 bits per heavy atom. The second-order valence-corrected chi connectivity index (χ2v) is 5.15. The summed E-state index contributed by atoms with van der Waals surface area (Å²) < 4.78 is 37.2. The standard InChI is InChI=1S/C11H9F3INO2/c12-11(13,14)10(17)18-16-4-3-7-1-2-9(15)5-8(7)6-16/h1-2,5H,3-4,6H2. The van der Waals surface area contributed by atoms with Crippen LogP contribution in [0.25, 0.3) is 0 Å². The second kappa shape index (κ2) is 5.04. The Labute approximate surface area is 115 Å². The van der Waals surface area contributed by atoms with Gasteiger partial charge in [0, 0.05) is 10.1 Å². The molecule has 0 N–H and O–H groups in total. The molecule has 3 nitrogen and oxygen atoms in total. The van der Waals surface area contributed by atoms with Crippen LogP contribution in [-0.4, -0.2) is 23.8 Å². The highest BCUT2D eigenvalue weighted by Gasteiger charge is 2.42. The summed E-state index contributed by atoms with van der Waals surface area (Å²) in [5, 5.41) is 1.05. The Bertz CT molecular complexity index is 476. The first-order valence-electron chi connectivity index (χ1n) is 5.17. The van der Waals surface area contributed by atoms with Gasteiger partial charge in [-0.3, -0.25) is 0 Å². The zero-order valence-corrected chi connectivity index (χ0v) is 11.3. The SMILES string of the molecule is O=C(ON1CCc2ccc(I)cc2C1)C(F)(F)F. The van der Waals surface area contributed by atoms with Crippen molar-refractivity contribution in [2.45, 2.75) is 19.1 Å². The van der Waals surface area contributed by atoms with Gasteiger partial charge in [0.15, 0.2) is 0 Å². The molecule has 0 fully saturated rings. The molecule has 0 aliphatic carbocycles. The van der Waals surface area contributed by atoms with Crippen molar-refractivity contribution in [2.75, 3.05) is 6.54 Å². The molecule has 2 rings (SSSR count). The van der Waals surface area contributed by atoms with Crippen molar-refractivity contribution < 1.29 is 22.8 Å². The van der Waals surface area contributed by atoms with E-state index >= 15 is 0 Å². The lowest BCUT2D eigenvalue weighted by Gasteiger charge is -2.27. The molecule has 0 bridgehead atoms. The number of nitrogens with zero attached hydrogens (tertiary/aromatic N) is 1. The van der Waals surface area contributed by atoms with E-state index in [1.54, 1.807) is 0 Å². The van der Waals surface area contributed by atoms with Crippen LogP contribution < -0.4 is 0 Å². The quantitative estimate of drug-likeness (QED) is 0.712. The van der Waals surface area contributed by atoms with Gasteiger partial charge in [-0.1, -0.05) is 6.07 Å². The number of carbonyl (C=O) groups is 1. The minimum absolute atomic E-state index is 0.188. The molecule has 98 valence electrons. The van der Waals surface area contributed by atoms with Gasteiger partial charge >= 0.3 is 12.1 Å². The van der Waals surface area contributed by atoms with Gasteiger partial charge in [0.25, 0.3) is 0 Å². The first-order valence-corrected chi connectivity index (χ1v) is 6.25. The molecule has 1 aliphatic rings. The smallest absolute Gasteiger partial charge is 0.360 e. The fourth-order valence-electron chi connectivity index (χ4n) is 1.75. The number of hydrogen-bond acceptors (Lipinski definition) is 3. The second-order valence-electron chi connectivity index (χ2n) is 3.90. The Morgan fingerprint density at radius 3 is 2.72 bits per heavy atom. The van der Waals surface area contributed by atoms with E-state index in [2.05, 4.69) is 27.4 Å². The third-order valence-corrected chi connectivity index (χ3v) is 3.26. The summed E-state index contributed by atoms with van der Waals surface area (Å²) >= 11 is 2.12. The lowest BCUT2D eigenvalue weighted by atomic mass is 10.0. The van der Waals surface area contributed by atoms with E-state index in [0.717, 1.165) is 19.8 Å². The Kier molecular flexibility index (Phi) is 3.81. The van der Waals surface area contributed by atoms with Gasteiger partial charge in [0.2, 0.25) is 0 Å². The van der Waals surface area contributed by atoms with Crippen molar-refractivity contribution in [3.8, 4) is 0 Å². The first-order chi connectivity index (χ1) is 8.36. The van der Waals surface area contributed by atoms with Crippen LogP contribution in [0.3, 0.4) is 0 Å². The summed E-state index contributed by atoms with van der Waals surface area (Å²) in [6.07, 6.45) is -4.39. The number of hydrogen-bond donors (Lipinski definition) is 0. The molecular weight excluding hydrogens is 362 g/mol. The fourth-order valence-corrected chi connectivity index (χ4v) is 2.30. The van der Waals surface area contributed by atoms with Crippen LogP contribution >= 0.6 is 22.6 Å². The van der Waals surface area contributed by atoms with Crippen LogP contribution in [-0.2, 0) is 22.6 Å². The van der Waals surface area contributed by atoms with E-state index in [1.807, 2.05) is 18.2 Å². The maximum atomic E-state index is 12.1. The molecule has 18 heavy (non-hydrogen) atoms. The first kappa shape index (κ1) is 13.6. The number of fused-ring (bicyclic) bond motifs is 1. The van der Waals surface area contributed by atoms with E-state index in [0.29, 0.717) is 6.42 Å². The van der Waals surface area contributed by atoms with E-state index in [4.69, 9.17) is 0 Å². The van der Waals surface area contributed by atoms with Gasteiger partial charge in [-0.05, 0) is 52.3 Å². The van der Waals surface area contributed by atoms with Crippen molar-refractivity contribution in [1.29, 1.82) is 0 Å². The topological polar surface area (TPSA) is 29.5 Å². The summed E-state index contributed by atoms with van der Waals surface area (Å²) in [5.74, 6) is -2.17. The van der Waals surface area contributed by atoms with Crippen molar-refractivity contribution in [1.82, 2.24) is 5.06 Å². The molecule has 0 aromatic heterocycles. The summed E-state index contributed by atoms with van der Waals surface area (Å²) in [7, 11) is 0. The van der Waals surface area contributed by atoms with Crippen LogP contribution in [0.4, 0.5) is 13.2 Å². The molecular formula is C11H9F3INO2. The van der Waals surface area contributed by atoms with Crippen LogP contribution in [0, 0.1) is 3.57 Å². The van der Waals surface area contributed by atoms with E-state index in [9.17, 15) is 18.0 Å². The van der Waals surface area contributed by atoms with Gasteiger partial charge < -0.3 is 4.84 Å². The van der Waals surface area contributed by atoms with Crippen molar-refractivity contribution in [2.24, 2.45) is 0 Å². The fraction of sp³-hybridized carbons (Fsp3) is 0.364. The summed E-state index contributed by atoms with van der Waals surface area (Å²) in [4.78, 5) is 15.0. The van der Waals surface area contributed by atoms with Crippen LogP contribution in [0.15, 0.2) is 18.2 Å². The molecule has 0 atom stereocenters. The molecule has 1 aromatic rings. The number of halogens is 4. The van der Waals surface area contributed by atoms with Gasteiger partial charge in [0.1, 0.15) is 0 Å². The average Bonchev–Trinajstić information content (AvgIpc) is 2.27. The van der Waals surface area contributed by atoms with Gasteiger partial charge in [-0.2, -0.15) is 13.2 Å². The van der Waals surface area contributed by atoms with E-state index < -0.39 is 12.1 Å². The normalized spacial score (nSPS) is 16.2. The van der Waals surface area contributed by atoms with Crippen LogP contribution in [0.2, 0.25) is 0 Å². The number of benzene rings is 1. The monoisotopic (exact) mass is 371 g/mol. The van der Waals surface area contributed by atoms with Crippen molar-refractivity contribution in [3.05, 3.63) is 32.9 Å². The highest BCUT2D eigenvalue weighted by molar-refractivity contribution is 14.1. The minimum Gasteiger partial charge on any atom is -0.360 e. The lowest BCUT2D eigenvalue weighted by Crippen LogP contribution is -2.37. The molecule has 1 aromatic carbocycles. The summed E-state index contributed by atoms with van der Waals surface area (Å²) in [6.45, 7) is 0.462. The molecule has 0 radical (unpaired) electrons. The highest BCUT2D eigenvalue weighted by atomic mass is 127. The zero-order valence-electron chi connectivity index (χ0n) is 9.13. The summed E-state index contributed by atoms with van der Waals surface area (Å²) in [6, 6.07) is 5.76. The summed E-state index contributed by atoms with van der Waals surface area (Å²) in [5.41, 5.74) is 1.97. The van der Waals surface area contributed by atoms with Crippen molar-refractivity contribution >= 4 is 28.6 Å². The Balaban J connectivity index is 2.06. The predicted molar refractivity (Wildman–Crippen MR) is 65.4 cm³/mol. The number of rotatable bonds is 1. The molecule has 7 heteroatoms. The molecule has 0 saturated heterocycles. The number of hydroxylamine groups is 2. The van der Waals surface area contributed by atoms with Crippen LogP contribution in [0.1, 0.15) is 11.1 Å². The molecule has 0 unspecified atom stereocenters. The molecule has 0 amide bonds. The van der Waals surface area contributed by atoms with Crippen molar-refractivity contribution in [3.63, 3.8) is 0 Å². The predicted octanol–water partition coefficient (Wildman–Crippen LogP) is 2.67. The third-order valence-electron chi connectivity index (χ3n) is 2.59. The lowest BCUT2D eigenvalue weighted by molar-refractivity contribution is -0.241. The Hall–Kier alpha value is -0.830. The maximum absolute atomic E-state index is 12.1. The largest absolute Gasteiger partial charge is 0.492 e. The average molecular weight is 371 g/mol.